The number of piperazine rings is 1. The Kier molecular flexibility index (Phi) is 4.60. The number of para-hydroxylation sites is 1. The highest BCUT2D eigenvalue weighted by atomic mass is 16.6. The van der Waals surface area contributed by atoms with E-state index in [4.69, 9.17) is 4.74 Å². The van der Waals surface area contributed by atoms with Crippen molar-refractivity contribution < 1.29 is 19.2 Å². The van der Waals surface area contributed by atoms with Gasteiger partial charge >= 0.3 is 0 Å². The Morgan fingerprint density at radius 1 is 1.20 bits per heavy atom. The molecule has 0 aliphatic carbocycles. The molecule has 2 aromatic rings. The molecule has 8 nitrogen and oxygen atoms in total. The van der Waals surface area contributed by atoms with Gasteiger partial charge in [-0.1, -0.05) is 18.2 Å². The normalized spacial score (nSPS) is 13.9. The van der Waals surface area contributed by atoms with Crippen LogP contribution in [0, 0.1) is 10.1 Å². The molecule has 2 amide bonds. The van der Waals surface area contributed by atoms with Gasteiger partial charge < -0.3 is 15.0 Å². The number of benzene rings is 2. The molecule has 0 radical (unpaired) electrons. The molecule has 0 saturated carbocycles. The highest BCUT2D eigenvalue weighted by molar-refractivity contribution is 6.00. The third-order valence-corrected chi connectivity index (χ3v) is 3.70. The number of amides is 2. The number of nitrogens with zero attached hydrogens (tertiary/aromatic N) is 2. The first kappa shape index (κ1) is 16.4. The fourth-order valence-corrected chi connectivity index (χ4v) is 2.49. The van der Waals surface area contributed by atoms with Crippen molar-refractivity contribution in [3.05, 3.63) is 64.2 Å². The smallest absolute Gasteiger partial charge is 0.270 e. The van der Waals surface area contributed by atoms with Crippen molar-refractivity contribution in [2.45, 2.75) is 0 Å². The minimum absolute atomic E-state index is 0.0488. The maximum absolute atomic E-state index is 12.8. The molecular formula is C17H15N3O5. The summed E-state index contributed by atoms with van der Waals surface area (Å²) in [5.41, 5.74) is -0.169. The number of hydrogen-bond acceptors (Lipinski definition) is 5. The molecule has 8 heteroatoms. The Bertz CT molecular complexity index is 822. The first-order valence-electron chi connectivity index (χ1n) is 7.62. The Balaban J connectivity index is 1.96. The number of nitro groups is 1. The predicted octanol–water partition coefficient (Wildman–Crippen LogP) is 1.96. The Morgan fingerprint density at radius 3 is 2.64 bits per heavy atom. The summed E-state index contributed by atoms with van der Waals surface area (Å²) < 4.78 is 5.71. The molecule has 1 aliphatic rings. The second-order valence-corrected chi connectivity index (χ2v) is 5.43. The molecule has 1 N–H and O–H groups in total. The number of carbonyl (C=O) groups is 2. The molecule has 25 heavy (non-hydrogen) atoms. The lowest BCUT2D eigenvalue weighted by atomic mass is 10.1. The van der Waals surface area contributed by atoms with Gasteiger partial charge in [-0.25, -0.2) is 0 Å². The summed E-state index contributed by atoms with van der Waals surface area (Å²) in [4.78, 5) is 36.1. The van der Waals surface area contributed by atoms with Crippen LogP contribution < -0.4 is 10.1 Å². The van der Waals surface area contributed by atoms with Crippen LogP contribution in [0.5, 0.6) is 11.5 Å². The quantitative estimate of drug-likeness (QED) is 0.676. The molecule has 1 aliphatic heterocycles. The predicted molar refractivity (Wildman–Crippen MR) is 88.5 cm³/mol. The minimum Gasteiger partial charge on any atom is -0.457 e. The number of nitrogens with one attached hydrogen (secondary N) is 1. The third-order valence-electron chi connectivity index (χ3n) is 3.70. The van der Waals surface area contributed by atoms with E-state index >= 15 is 0 Å². The highest BCUT2D eigenvalue weighted by Gasteiger charge is 2.26. The van der Waals surface area contributed by atoms with E-state index in [0.29, 0.717) is 18.8 Å². The fourth-order valence-electron chi connectivity index (χ4n) is 2.49. The standard InChI is InChI=1S/C17H15N3O5/c21-16-11-19(9-8-18-16)17(22)14-10-12(20(23)24)6-7-15(14)25-13-4-2-1-3-5-13/h1-7,10H,8-9,11H2,(H,18,21). The molecule has 2 aromatic carbocycles. The molecule has 3 rings (SSSR count). The lowest BCUT2D eigenvalue weighted by Gasteiger charge is -2.27. The van der Waals surface area contributed by atoms with Crippen LogP contribution in [0.15, 0.2) is 48.5 Å². The third kappa shape index (κ3) is 3.74. The van der Waals surface area contributed by atoms with Crippen LogP contribution in [-0.2, 0) is 4.79 Å². The van der Waals surface area contributed by atoms with Crippen LogP contribution in [0.2, 0.25) is 0 Å². The Hall–Kier alpha value is -3.42. The monoisotopic (exact) mass is 341 g/mol. The fraction of sp³-hybridized carbons (Fsp3) is 0.176. The second kappa shape index (κ2) is 7.00. The zero-order valence-corrected chi connectivity index (χ0v) is 13.2. The number of non-ortho nitro benzene ring substituents is 1. The van der Waals surface area contributed by atoms with Gasteiger partial charge in [0.05, 0.1) is 17.0 Å². The number of nitro benzene ring substituents is 1. The summed E-state index contributed by atoms with van der Waals surface area (Å²) in [7, 11) is 0. The summed E-state index contributed by atoms with van der Waals surface area (Å²) in [6.45, 7) is 0.582. The largest absolute Gasteiger partial charge is 0.457 e. The SMILES string of the molecule is O=C1CN(C(=O)c2cc([N+](=O)[O-])ccc2Oc2ccccc2)CCN1. The summed E-state index contributed by atoms with van der Waals surface area (Å²) in [5, 5.41) is 13.7. The summed E-state index contributed by atoms with van der Waals surface area (Å²) in [5.74, 6) is -0.0467. The molecule has 0 aromatic heterocycles. The first-order chi connectivity index (χ1) is 12.0. The Morgan fingerprint density at radius 2 is 1.96 bits per heavy atom. The van der Waals surface area contributed by atoms with Crippen LogP contribution in [0.3, 0.4) is 0 Å². The first-order valence-corrected chi connectivity index (χ1v) is 7.62. The number of ether oxygens (including phenoxy) is 1. The maximum Gasteiger partial charge on any atom is 0.270 e. The van der Waals surface area contributed by atoms with Gasteiger partial charge in [-0.05, 0) is 18.2 Å². The second-order valence-electron chi connectivity index (χ2n) is 5.43. The van der Waals surface area contributed by atoms with E-state index in [0.717, 1.165) is 0 Å². The molecule has 1 fully saturated rings. The van der Waals surface area contributed by atoms with E-state index in [1.54, 1.807) is 24.3 Å². The Labute approximate surface area is 143 Å². The molecule has 0 bridgehead atoms. The molecule has 128 valence electrons. The van der Waals surface area contributed by atoms with Crippen molar-refractivity contribution in [3.8, 4) is 11.5 Å². The van der Waals surface area contributed by atoms with Crippen molar-refractivity contribution >= 4 is 17.5 Å². The van der Waals surface area contributed by atoms with E-state index in [1.165, 1.54) is 23.1 Å². The molecule has 0 unspecified atom stereocenters. The lowest BCUT2D eigenvalue weighted by molar-refractivity contribution is -0.384. The van der Waals surface area contributed by atoms with Crippen molar-refractivity contribution in [1.29, 1.82) is 0 Å². The maximum atomic E-state index is 12.8. The van der Waals surface area contributed by atoms with Gasteiger partial charge in [0.25, 0.3) is 11.6 Å². The summed E-state index contributed by atoms with van der Waals surface area (Å²) in [6, 6.07) is 12.6. The van der Waals surface area contributed by atoms with Gasteiger partial charge in [0, 0.05) is 25.2 Å². The van der Waals surface area contributed by atoms with Crippen LogP contribution in [0.25, 0.3) is 0 Å². The topological polar surface area (TPSA) is 102 Å². The van der Waals surface area contributed by atoms with E-state index in [-0.39, 0.29) is 29.5 Å². The van der Waals surface area contributed by atoms with Gasteiger partial charge in [0.15, 0.2) is 0 Å². The van der Waals surface area contributed by atoms with Crippen LogP contribution in [0.1, 0.15) is 10.4 Å². The van der Waals surface area contributed by atoms with E-state index in [1.807, 2.05) is 6.07 Å². The number of rotatable bonds is 4. The van der Waals surface area contributed by atoms with Crippen molar-refractivity contribution in [2.24, 2.45) is 0 Å². The number of carbonyl (C=O) groups excluding carboxylic acids is 2. The van der Waals surface area contributed by atoms with Gasteiger partial charge in [-0.2, -0.15) is 0 Å². The molecule has 0 spiro atoms. The van der Waals surface area contributed by atoms with E-state index in [9.17, 15) is 19.7 Å². The van der Waals surface area contributed by atoms with Crippen molar-refractivity contribution in [1.82, 2.24) is 10.2 Å². The average molecular weight is 341 g/mol. The van der Waals surface area contributed by atoms with E-state index in [2.05, 4.69) is 5.32 Å². The zero-order valence-electron chi connectivity index (χ0n) is 13.2. The minimum atomic E-state index is -0.577. The zero-order chi connectivity index (χ0) is 17.8. The van der Waals surface area contributed by atoms with Crippen LogP contribution in [-0.4, -0.2) is 41.3 Å². The average Bonchev–Trinajstić information content (AvgIpc) is 2.62. The van der Waals surface area contributed by atoms with Crippen LogP contribution >= 0.6 is 0 Å². The lowest BCUT2D eigenvalue weighted by Crippen LogP contribution is -2.50. The van der Waals surface area contributed by atoms with Crippen molar-refractivity contribution in [3.63, 3.8) is 0 Å². The van der Waals surface area contributed by atoms with Gasteiger partial charge in [-0.15, -0.1) is 0 Å². The van der Waals surface area contributed by atoms with Gasteiger partial charge in [0.1, 0.15) is 11.5 Å². The van der Waals surface area contributed by atoms with Crippen LogP contribution in [0.4, 0.5) is 5.69 Å². The molecule has 1 saturated heterocycles. The van der Waals surface area contributed by atoms with Gasteiger partial charge in [-0.3, -0.25) is 19.7 Å². The molecule has 0 atom stereocenters. The molecule has 1 heterocycles. The summed E-state index contributed by atoms with van der Waals surface area (Å²) in [6.07, 6.45) is 0. The summed E-state index contributed by atoms with van der Waals surface area (Å²) >= 11 is 0. The van der Waals surface area contributed by atoms with E-state index < -0.39 is 10.8 Å². The van der Waals surface area contributed by atoms with Gasteiger partial charge in [0.2, 0.25) is 5.91 Å². The molecular weight excluding hydrogens is 326 g/mol. The number of hydrogen-bond donors (Lipinski definition) is 1. The van der Waals surface area contributed by atoms with Crippen molar-refractivity contribution in [2.75, 3.05) is 19.6 Å². The highest BCUT2D eigenvalue weighted by Crippen LogP contribution is 2.29.